The van der Waals surface area contributed by atoms with Crippen molar-refractivity contribution in [2.24, 2.45) is 0 Å². The molecule has 2 heterocycles. The molecule has 1 amide bonds. The zero-order chi connectivity index (χ0) is 22.4. The minimum atomic E-state index is -3.76. The monoisotopic (exact) mass is 472 g/mol. The zero-order valence-corrected chi connectivity index (χ0v) is 19.0. The number of rotatable bonds is 9. The molecule has 0 aliphatic carbocycles. The summed E-state index contributed by atoms with van der Waals surface area (Å²) in [6, 6.07) is 16.9. The Kier molecular flexibility index (Phi) is 7.31. The van der Waals surface area contributed by atoms with Crippen LogP contribution < -0.4 is 10.0 Å². The summed E-state index contributed by atoms with van der Waals surface area (Å²) in [6.07, 6.45) is 3.81. The van der Waals surface area contributed by atoms with Gasteiger partial charge in [-0.25, -0.2) is 13.1 Å². The maximum absolute atomic E-state index is 12.9. The average Bonchev–Trinajstić information content (AvgIpc) is 3.51. The largest absolute Gasteiger partial charge is 0.468 e. The highest BCUT2D eigenvalue weighted by Gasteiger charge is 2.19. The maximum atomic E-state index is 12.9. The van der Waals surface area contributed by atoms with Gasteiger partial charge in [-0.1, -0.05) is 18.2 Å². The van der Waals surface area contributed by atoms with Crippen molar-refractivity contribution in [3.8, 4) is 0 Å². The number of hydrogen-bond donors (Lipinski definition) is 2. The lowest BCUT2D eigenvalue weighted by atomic mass is 10.2. The first-order valence-electron chi connectivity index (χ1n) is 10.3. The number of thioether (sulfide) groups is 1. The molecule has 1 atom stereocenters. The molecule has 32 heavy (non-hydrogen) atoms. The molecule has 7 nitrogen and oxygen atoms in total. The van der Waals surface area contributed by atoms with E-state index >= 15 is 0 Å². The lowest BCUT2D eigenvalue weighted by Gasteiger charge is -2.13. The van der Waals surface area contributed by atoms with Crippen LogP contribution in [0.5, 0.6) is 0 Å². The second-order valence-electron chi connectivity index (χ2n) is 7.33. The quantitative estimate of drug-likeness (QED) is 0.451. The van der Waals surface area contributed by atoms with E-state index in [-0.39, 0.29) is 23.5 Å². The van der Waals surface area contributed by atoms with Crippen molar-refractivity contribution in [1.82, 2.24) is 4.72 Å². The topological polar surface area (TPSA) is 97.6 Å². The molecule has 0 bridgehead atoms. The van der Waals surface area contributed by atoms with Gasteiger partial charge in [0.05, 0.1) is 29.4 Å². The predicted octanol–water partition coefficient (Wildman–Crippen LogP) is 4.28. The van der Waals surface area contributed by atoms with E-state index in [0.29, 0.717) is 17.0 Å². The van der Waals surface area contributed by atoms with Crippen LogP contribution in [0.2, 0.25) is 0 Å². The van der Waals surface area contributed by atoms with E-state index in [1.165, 1.54) is 18.4 Å². The molecule has 4 rings (SSSR count). The van der Waals surface area contributed by atoms with Gasteiger partial charge in [0.15, 0.2) is 0 Å². The second kappa shape index (κ2) is 10.4. The molecule has 1 saturated heterocycles. The molecule has 9 heteroatoms. The summed E-state index contributed by atoms with van der Waals surface area (Å²) in [5, 5.41) is 2.81. The number of amides is 1. The Bertz CT molecular complexity index is 1160. The first-order chi connectivity index (χ1) is 15.5. The van der Waals surface area contributed by atoms with Crippen LogP contribution in [-0.2, 0) is 21.3 Å². The molecule has 168 valence electrons. The van der Waals surface area contributed by atoms with Gasteiger partial charge in [0, 0.05) is 22.9 Å². The van der Waals surface area contributed by atoms with E-state index in [4.69, 9.17) is 9.15 Å². The molecular formula is C23H24N2O5S2. The zero-order valence-electron chi connectivity index (χ0n) is 17.3. The van der Waals surface area contributed by atoms with Crippen LogP contribution in [-0.4, -0.2) is 32.8 Å². The van der Waals surface area contributed by atoms with E-state index in [1.54, 1.807) is 42.1 Å². The minimum Gasteiger partial charge on any atom is -0.468 e. The third kappa shape index (κ3) is 5.80. The SMILES string of the molecule is O=C(Nc1cccc(S(=O)(=O)NCc2ccco2)c1)c1ccccc1SCC1CCCO1. The van der Waals surface area contributed by atoms with Gasteiger partial charge < -0.3 is 14.5 Å². The number of furan rings is 1. The van der Waals surface area contributed by atoms with Crippen LogP contribution in [0.15, 0.2) is 81.1 Å². The molecule has 2 aromatic carbocycles. The van der Waals surface area contributed by atoms with Crippen LogP contribution in [0.25, 0.3) is 0 Å². The van der Waals surface area contributed by atoms with Crippen LogP contribution in [0.1, 0.15) is 29.0 Å². The first-order valence-corrected chi connectivity index (χ1v) is 12.7. The van der Waals surface area contributed by atoms with Gasteiger partial charge in [-0.15, -0.1) is 11.8 Å². The minimum absolute atomic E-state index is 0.0429. The van der Waals surface area contributed by atoms with Crippen LogP contribution in [0.3, 0.4) is 0 Å². The summed E-state index contributed by atoms with van der Waals surface area (Å²) >= 11 is 1.60. The Morgan fingerprint density at radius 3 is 2.75 bits per heavy atom. The molecule has 1 aromatic heterocycles. The van der Waals surface area contributed by atoms with Crippen LogP contribution in [0, 0.1) is 0 Å². The van der Waals surface area contributed by atoms with Gasteiger partial charge in [0.2, 0.25) is 10.0 Å². The Labute approximate surface area is 191 Å². The Morgan fingerprint density at radius 1 is 1.09 bits per heavy atom. The standard InChI is InChI=1S/C23H24N2O5S2/c26-23(21-10-1-2-11-22(21)31-16-19-8-5-13-30-19)25-17-6-3-9-20(14-17)32(27,28)24-15-18-7-4-12-29-18/h1-4,6-7,9-12,14,19,24H,5,8,13,15-16H2,(H,25,26). The number of hydrogen-bond acceptors (Lipinski definition) is 6. The van der Waals surface area contributed by atoms with Gasteiger partial charge in [-0.2, -0.15) is 0 Å². The highest BCUT2D eigenvalue weighted by Crippen LogP contribution is 2.27. The molecular weight excluding hydrogens is 448 g/mol. The van der Waals surface area contributed by atoms with E-state index in [1.807, 2.05) is 18.2 Å². The summed E-state index contributed by atoms with van der Waals surface area (Å²) in [7, 11) is -3.76. The fraction of sp³-hybridized carbons (Fsp3) is 0.261. The molecule has 3 aromatic rings. The van der Waals surface area contributed by atoms with Crippen molar-refractivity contribution in [2.45, 2.75) is 35.3 Å². The van der Waals surface area contributed by atoms with Crippen molar-refractivity contribution in [3.05, 3.63) is 78.3 Å². The lowest BCUT2D eigenvalue weighted by Crippen LogP contribution is -2.23. The normalized spacial score (nSPS) is 16.2. The third-order valence-corrected chi connectivity index (χ3v) is 7.60. The molecule has 0 spiro atoms. The fourth-order valence-electron chi connectivity index (χ4n) is 3.34. The molecule has 1 fully saturated rings. The van der Waals surface area contributed by atoms with Crippen molar-refractivity contribution < 1.29 is 22.4 Å². The highest BCUT2D eigenvalue weighted by molar-refractivity contribution is 7.99. The summed E-state index contributed by atoms with van der Waals surface area (Å²) in [6.45, 7) is 0.838. The van der Waals surface area contributed by atoms with Gasteiger partial charge in [0.25, 0.3) is 5.91 Å². The summed E-state index contributed by atoms with van der Waals surface area (Å²) in [5.74, 6) is 1.01. The molecule has 2 N–H and O–H groups in total. The van der Waals surface area contributed by atoms with E-state index < -0.39 is 10.0 Å². The number of benzene rings is 2. The van der Waals surface area contributed by atoms with Crippen LogP contribution >= 0.6 is 11.8 Å². The van der Waals surface area contributed by atoms with E-state index in [9.17, 15) is 13.2 Å². The number of carbonyl (C=O) groups excluding carboxylic acids is 1. The van der Waals surface area contributed by atoms with E-state index in [0.717, 1.165) is 30.1 Å². The van der Waals surface area contributed by atoms with Crippen molar-refractivity contribution in [3.63, 3.8) is 0 Å². The predicted molar refractivity (Wildman–Crippen MR) is 123 cm³/mol. The number of nitrogens with one attached hydrogen (secondary N) is 2. The molecule has 1 aliphatic rings. The molecule has 0 saturated carbocycles. The Hall–Kier alpha value is -2.59. The third-order valence-electron chi connectivity index (χ3n) is 5.00. The summed E-state index contributed by atoms with van der Waals surface area (Å²) in [5.41, 5.74) is 0.939. The smallest absolute Gasteiger partial charge is 0.256 e. The van der Waals surface area contributed by atoms with Crippen molar-refractivity contribution in [1.29, 1.82) is 0 Å². The number of ether oxygens (including phenoxy) is 1. The Balaban J connectivity index is 1.43. The molecule has 0 radical (unpaired) electrons. The highest BCUT2D eigenvalue weighted by atomic mass is 32.2. The number of carbonyl (C=O) groups is 1. The number of sulfonamides is 1. The van der Waals surface area contributed by atoms with Gasteiger partial charge >= 0.3 is 0 Å². The van der Waals surface area contributed by atoms with Crippen molar-refractivity contribution >= 4 is 33.4 Å². The molecule has 1 aliphatic heterocycles. The fourth-order valence-corrected chi connectivity index (χ4v) is 5.50. The van der Waals surface area contributed by atoms with Gasteiger partial charge in [-0.05, 0) is 55.3 Å². The lowest BCUT2D eigenvalue weighted by molar-refractivity contribution is 0.102. The summed E-state index contributed by atoms with van der Waals surface area (Å²) < 4.78 is 38.6. The first kappa shape index (κ1) is 22.6. The van der Waals surface area contributed by atoms with Gasteiger partial charge in [-0.3, -0.25) is 4.79 Å². The Morgan fingerprint density at radius 2 is 1.97 bits per heavy atom. The van der Waals surface area contributed by atoms with Gasteiger partial charge in [0.1, 0.15) is 5.76 Å². The number of anilines is 1. The van der Waals surface area contributed by atoms with Crippen molar-refractivity contribution in [2.75, 3.05) is 17.7 Å². The average molecular weight is 473 g/mol. The molecule has 1 unspecified atom stereocenters. The van der Waals surface area contributed by atoms with Crippen LogP contribution in [0.4, 0.5) is 5.69 Å². The second-order valence-corrected chi connectivity index (χ2v) is 10.2. The summed E-state index contributed by atoms with van der Waals surface area (Å²) in [4.78, 5) is 13.9. The maximum Gasteiger partial charge on any atom is 0.256 e. The van der Waals surface area contributed by atoms with E-state index in [2.05, 4.69) is 10.0 Å².